The maximum Gasteiger partial charge on any atom is 0.317 e. The summed E-state index contributed by atoms with van der Waals surface area (Å²) in [6.07, 6.45) is 0. The molecular weight excluding hydrogens is 398 g/mol. The molecule has 4 rings (SSSR count). The molecule has 2 atom stereocenters. The predicted octanol–water partition coefficient (Wildman–Crippen LogP) is 2.97. The number of hydrogen-bond donors (Lipinski definition) is 1. The minimum absolute atomic E-state index is 0.257. The highest BCUT2D eigenvalue weighted by Crippen LogP contribution is 2.40. The molecule has 0 aliphatic carbocycles. The summed E-state index contributed by atoms with van der Waals surface area (Å²) in [5.74, 6) is 0.410. The van der Waals surface area contributed by atoms with Gasteiger partial charge in [0, 0.05) is 5.70 Å². The molecule has 0 radical (unpaired) electrons. The molecule has 3 aromatic rings. The Hall–Kier alpha value is -3.88. The molecule has 1 aromatic heterocycles. The first-order valence-corrected chi connectivity index (χ1v) is 9.87. The van der Waals surface area contributed by atoms with Crippen molar-refractivity contribution in [2.45, 2.75) is 19.6 Å². The highest BCUT2D eigenvalue weighted by molar-refractivity contribution is 5.79. The topological polar surface area (TPSA) is 100 Å². The van der Waals surface area contributed by atoms with E-state index in [0.717, 1.165) is 11.1 Å². The Morgan fingerprint density at radius 2 is 2.00 bits per heavy atom. The van der Waals surface area contributed by atoms with Crippen molar-refractivity contribution in [3.8, 4) is 11.5 Å². The fourth-order valence-corrected chi connectivity index (χ4v) is 3.58. The Bertz CT molecular complexity index is 1080. The van der Waals surface area contributed by atoms with Gasteiger partial charge in [-0.15, -0.1) is 0 Å². The van der Waals surface area contributed by atoms with Crippen molar-refractivity contribution in [1.29, 1.82) is 0 Å². The summed E-state index contributed by atoms with van der Waals surface area (Å²) in [5.41, 5.74) is 2.27. The van der Waals surface area contributed by atoms with Crippen molar-refractivity contribution in [3.63, 3.8) is 0 Å². The SMILES string of the molecule is C=C1Nc2nnnn2C(c2ccc(OCc3ccccc3)c(OC)c2)C1C(=O)OCC. The van der Waals surface area contributed by atoms with Crippen LogP contribution in [-0.2, 0) is 16.1 Å². The summed E-state index contributed by atoms with van der Waals surface area (Å²) >= 11 is 0. The standard InChI is InChI=1S/C22H23N5O4/c1-4-30-21(28)19-14(2)23-22-24-25-26-27(22)20(19)16-10-11-17(18(12-16)29-3)31-13-15-8-6-5-7-9-15/h5-12,19-20H,2,4,13H2,1,3H3,(H,23,24,26). The van der Waals surface area contributed by atoms with E-state index in [1.54, 1.807) is 18.7 Å². The average molecular weight is 421 g/mol. The molecule has 1 aliphatic rings. The van der Waals surface area contributed by atoms with E-state index in [2.05, 4.69) is 27.4 Å². The van der Waals surface area contributed by atoms with E-state index in [1.165, 1.54) is 0 Å². The quantitative estimate of drug-likeness (QED) is 0.581. The lowest BCUT2D eigenvalue weighted by molar-refractivity contribution is -0.147. The van der Waals surface area contributed by atoms with Gasteiger partial charge in [-0.25, -0.2) is 4.68 Å². The van der Waals surface area contributed by atoms with Gasteiger partial charge in [-0.05, 0) is 40.6 Å². The zero-order chi connectivity index (χ0) is 21.8. The maximum absolute atomic E-state index is 12.7. The van der Waals surface area contributed by atoms with Crippen LogP contribution >= 0.6 is 0 Å². The van der Waals surface area contributed by atoms with Crippen LogP contribution in [0.2, 0.25) is 0 Å². The molecule has 9 heteroatoms. The number of carbonyl (C=O) groups excluding carboxylic acids is 1. The van der Waals surface area contributed by atoms with Gasteiger partial charge in [0.15, 0.2) is 11.5 Å². The second-order valence-electron chi connectivity index (χ2n) is 6.96. The molecule has 0 saturated heterocycles. The third-order valence-corrected chi connectivity index (χ3v) is 5.03. The summed E-state index contributed by atoms with van der Waals surface area (Å²) < 4.78 is 18.4. The van der Waals surface area contributed by atoms with Crippen LogP contribution in [0.25, 0.3) is 0 Å². The average Bonchev–Trinajstić information content (AvgIpc) is 3.25. The van der Waals surface area contributed by atoms with Gasteiger partial charge in [0.2, 0.25) is 5.95 Å². The van der Waals surface area contributed by atoms with Crippen LogP contribution in [0.5, 0.6) is 11.5 Å². The molecule has 0 spiro atoms. The monoisotopic (exact) mass is 421 g/mol. The molecule has 2 unspecified atom stereocenters. The van der Waals surface area contributed by atoms with E-state index in [4.69, 9.17) is 14.2 Å². The van der Waals surface area contributed by atoms with Crippen LogP contribution in [0.15, 0.2) is 60.8 Å². The third-order valence-electron chi connectivity index (χ3n) is 5.03. The van der Waals surface area contributed by atoms with E-state index in [9.17, 15) is 4.79 Å². The largest absolute Gasteiger partial charge is 0.493 e. The Balaban J connectivity index is 1.67. The zero-order valence-electron chi connectivity index (χ0n) is 17.3. The maximum atomic E-state index is 12.7. The number of nitrogens with one attached hydrogen (secondary N) is 1. The van der Waals surface area contributed by atoms with Crippen molar-refractivity contribution < 1.29 is 19.0 Å². The van der Waals surface area contributed by atoms with Gasteiger partial charge in [-0.3, -0.25) is 4.79 Å². The molecule has 1 aliphatic heterocycles. The first kappa shape index (κ1) is 20.4. The van der Waals surface area contributed by atoms with Gasteiger partial charge in [0.05, 0.1) is 13.7 Å². The van der Waals surface area contributed by atoms with Gasteiger partial charge in [-0.2, -0.15) is 0 Å². The molecule has 0 amide bonds. The van der Waals surface area contributed by atoms with Crippen LogP contribution in [-0.4, -0.2) is 39.9 Å². The fourth-order valence-electron chi connectivity index (χ4n) is 3.58. The van der Waals surface area contributed by atoms with Gasteiger partial charge < -0.3 is 19.5 Å². The lowest BCUT2D eigenvalue weighted by atomic mass is 9.89. The Kier molecular flexibility index (Phi) is 5.83. The second kappa shape index (κ2) is 8.86. The number of rotatable bonds is 7. The van der Waals surface area contributed by atoms with Crippen molar-refractivity contribution in [2.24, 2.45) is 5.92 Å². The minimum Gasteiger partial charge on any atom is -0.493 e. The number of anilines is 1. The van der Waals surface area contributed by atoms with Crippen LogP contribution in [0.1, 0.15) is 24.1 Å². The lowest BCUT2D eigenvalue weighted by Crippen LogP contribution is -2.37. The molecule has 9 nitrogen and oxygen atoms in total. The number of ether oxygens (including phenoxy) is 3. The first-order chi connectivity index (χ1) is 15.1. The number of benzene rings is 2. The van der Waals surface area contributed by atoms with E-state index in [-0.39, 0.29) is 6.61 Å². The summed E-state index contributed by atoms with van der Waals surface area (Å²) in [4.78, 5) is 12.7. The first-order valence-electron chi connectivity index (χ1n) is 9.87. The Labute approximate surface area is 179 Å². The summed E-state index contributed by atoms with van der Waals surface area (Å²) in [6.45, 7) is 6.42. The smallest absolute Gasteiger partial charge is 0.317 e. The highest BCUT2D eigenvalue weighted by Gasteiger charge is 2.41. The molecule has 160 valence electrons. The molecule has 2 heterocycles. The van der Waals surface area contributed by atoms with Gasteiger partial charge in [0.1, 0.15) is 18.6 Å². The lowest BCUT2D eigenvalue weighted by Gasteiger charge is -2.32. The molecule has 31 heavy (non-hydrogen) atoms. The van der Waals surface area contributed by atoms with Crippen LogP contribution in [0.3, 0.4) is 0 Å². The summed E-state index contributed by atoms with van der Waals surface area (Å²) in [7, 11) is 1.57. The van der Waals surface area contributed by atoms with E-state index >= 15 is 0 Å². The predicted molar refractivity (Wildman–Crippen MR) is 113 cm³/mol. The van der Waals surface area contributed by atoms with Crippen molar-refractivity contribution in [3.05, 3.63) is 71.9 Å². The third kappa shape index (κ3) is 4.07. The van der Waals surface area contributed by atoms with E-state index in [0.29, 0.717) is 29.8 Å². The van der Waals surface area contributed by atoms with Crippen LogP contribution < -0.4 is 14.8 Å². The van der Waals surface area contributed by atoms with E-state index < -0.39 is 17.9 Å². The van der Waals surface area contributed by atoms with Gasteiger partial charge >= 0.3 is 5.97 Å². The van der Waals surface area contributed by atoms with Crippen molar-refractivity contribution in [2.75, 3.05) is 19.0 Å². The number of carbonyl (C=O) groups is 1. The van der Waals surface area contributed by atoms with Crippen LogP contribution in [0.4, 0.5) is 5.95 Å². The number of fused-ring (bicyclic) bond motifs is 1. The number of hydrogen-bond acceptors (Lipinski definition) is 8. The normalized spacial score (nSPS) is 17.4. The zero-order valence-corrected chi connectivity index (χ0v) is 17.3. The Morgan fingerprint density at radius 3 is 2.74 bits per heavy atom. The second-order valence-corrected chi connectivity index (χ2v) is 6.96. The minimum atomic E-state index is -0.711. The van der Waals surface area contributed by atoms with Gasteiger partial charge in [0.25, 0.3) is 0 Å². The highest BCUT2D eigenvalue weighted by atomic mass is 16.5. The molecule has 1 N–H and O–H groups in total. The number of esters is 1. The number of tetrazole rings is 1. The number of nitrogens with zero attached hydrogens (tertiary/aromatic N) is 4. The molecule has 0 saturated carbocycles. The molecule has 2 aromatic carbocycles. The van der Waals surface area contributed by atoms with Gasteiger partial charge in [-0.1, -0.05) is 48.1 Å². The Morgan fingerprint density at radius 1 is 1.19 bits per heavy atom. The van der Waals surface area contributed by atoms with Crippen molar-refractivity contribution >= 4 is 11.9 Å². The molecule has 0 fully saturated rings. The summed E-state index contributed by atoms with van der Waals surface area (Å²) in [5, 5.41) is 14.7. The van der Waals surface area contributed by atoms with E-state index in [1.807, 2.05) is 48.5 Å². The number of methoxy groups -OCH3 is 1. The number of aromatic nitrogens is 4. The van der Waals surface area contributed by atoms with Crippen molar-refractivity contribution in [1.82, 2.24) is 20.2 Å². The van der Waals surface area contributed by atoms with Crippen LogP contribution in [0, 0.1) is 5.92 Å². The molecular formula is C22H23N5O4. The fraction of sp³-hybridized carbons (Fsp3) is 0.273. The molecule has 0 bridgehead atoms. The summed E-state index contributed by atoms with van der Waals surface area (Å²) in [6, 6.07) is 14.8.